The van der Waals surface area contributed by atoms with Gasteiger partial charge in [-0.1, -0.05) is 12.1 Å². The highest BCUT2D eigenvalue weighted by molar-refractivity contribution is 5.44. The fourth-order valence-electron chi connectivity index (χ4n) is 3.16. The predicted molar refractivity (Wildman–Crippen MR) is 69.6 cm³/mol. The highest BCUT2D eigenvalue weighted by atomic mass is 16.3. The minimum Gasteiger partial charge on any atom is -0.504 e. The number of piperidine rings is 3. The van der Waals surface area contributed by atoms with Gasteiger partial charge in [-0.05, 0) is 37.9 Å². The van der Waals surface area contributed by atoms with Crippen LogP contribution in [0.4, 0.5) is 0 Å². The van der Waals surface area contributed by atoms with Gasteiger partial charge in [-0.2, -0.15) is 0 Å². The first-order chi connectivity index (χ1) is 8.74. The number of phenolic OH excluding ortho intramolecular Hbond substituents is 2. The normalized spacial score (nSPS) is 30.6. The molecule has 18 heavy (non-hydrogen) atoms. The van der Waals surface area contributed by atoms with Crippen LogP contribution in [-0.2, 0) is 6.54 Å². The Morgan fingerprint density at radius 3 is 2.67 bits per heavy atom. The lowest BCUT2D eigenvalue weighted by Gasteiger charge is -2.45. The van der Waals surface area contributed by atoms with Crippen LogP contribution in [0.3, 0.4) is 0 Å². The summed E-state index contributed by atoms with van der Waals surface area (Å²) in [6.45, 7) is 4.21. The number of phenols is 2. The molecule has 3 saturated heterocycles. The summed E-state index contributed by atoms with van der Waals surface area (Å²) in [5, 5.41) is 22.7. The topological polar surface area (TPSA) is 55.7 Å². The van der Waals surface area contributed by atoms with E-state index in [1.54, 1.807) is 6.07 Å². The molecule has 0 radical (unpaired) electrons. The van der Waals surface area contributed by atoms with Gasteiger partial charge in [-0.25, -0.2) is 0 Å². The molecule has 0 spiro atoms. The highest BCUT2D eigenvalue weighted by Gasteiger charge is 2.33. The molecule has 1 atom stereocenters. The molecule has 3 aliphatic heterocycles. The number of aromatic hydroxyl groups is 2. The van der Waals surface area contributed by atoms with E-state index >= 15 is 0 Å². The SMILES string of the molecule is Oc1cccc(CNC2CN3CCC2CC3)c1O. The molecule has 3 N–H and O–H groups in total. The van der Waals surface area contributed by atoms with Crippen LogP contribution in [0.15, 0.2) is 18.2 Å². The molecule has 1 unspecified atom stereocenters. The van der Waals surface area contributed by atoms with E-state index in [2.05, 4.69) is 10.2 Å². The van der Waals surface area contributed by atoms with E-state index in [0.29, 0.717) is 12.6 Å². The Morgan fingerprint density at radius 1 is 1.22 bits per heavy atom. The van der Waals surface area contributed by atoms with Crippen molar-refractivity contribution in [2.24, 2.45) is 5.92 Å². The summed E-state index contributed by atoms with van der Waals surface area (Å²) < 4.78 is 0. The molecule has 3 aliphatic rings. The lowest BCUT2D eigenvalue weighted by Crippen LogP contribution is -2.55. The molecule has 0 amide bonds. The van der Waals surface area contributed by atoms with Crippen molar-refractivity contribution in [1.29, 1.82) is 0 Å². The fourth-order valence-corrected chi connectivity index (χ4v) is 3.16. The molecular weight excluding hydrogens is 228 g/mol. The molecule has 4 rings (SSSR count). The van der Waals surface area contributed by atoms with Crippen molar-refractivity contribution in [3.8, 4) is 11.5 Å². The Kier molecular flexibility index (Phi) is 3.14. The van der Waals surface area contributed by atoms with Gasteiger partial charge in [-0.3, -0.25) is 0 Å². The number of nitrogens with one attached hydrogen (secondary N) is 1. The monoisotopic (exact) mass is 248 g/mol. The molecule has 3 heterocycles. The van der Waals surface area contributed by atoms with Crippen LogP contribution >= 0.6 is 0 Å². The molecule has 0 saturated carbocycles. The van der Waals surface area contributed by atoms with Gasteiger partial charge in [0.2, 0.25) is 0 Å². The van der Waals surface area contributed by atoms with Crippen LogP contribution in [0.2, 0.25) is 0 Å². The summed E-state index contributed by atoms with van der Waals surface area (Å²) in [5.74, 6) is 0.740. The third kappa shape index (κ3) is 2.18. The van der Waals surface area contributed by atoms with Crippen molar-refractivity contribution in [3.05, 3.63) is 23.8 Å². The van der Waals surface area contributed by atoms with Gasteiger partial charge < -0.3 is 20.4 Å². The van der Waals surface area contributed by atoms with Gasteiger partial charge in [0.05, 0.1) is 0 Å². The number of benzene rings is 1. The smallest absolute Gasteiger partial charge is 0.161 e. The molecule has 2 bridgehead atoms. The summed E-state index contributed by atoms with van der Waals surface area (Å²) in [6, 6.07) is 5.65. The minimum absolute atomic E-state index is 0.00581. The molecule has 98 valence electrons. The van der Waals surface area contributed by atoms with E-state index in [1.807, 2.05) is 6.07 Å². The van der Waals surface area contributed by atoms with E-state index in [9.17, 15) is 10.2 Å². The van der Waals surface area contributed by atoms with Crippen molar-refractivity contribution in [1.82, 2.24) is 10.2 Å². The maximum atomic E-state index is 9.76. The summed E-state index contributed by atoms with van der Waals surface area (Å²) in [6.07, 6.45) is 2.56. The zero-order valence-corrected chi connectivity index (χ0v) is 10.5. The Balaban J connectivity index is 1.63. The van der Waals surface area contributed by atoms with Crippen molar-refractivity contribution in [3.63, 3.8) is 0 Å². The van der Waals surface area contributed by atoms with Gasteiger partial charge in [0, 0.05) is 24.7 Å². The summed E-state index contributed by atoms with van der Waals surface area (Å²) in [7, 11) is 0. The number of rotatable bonds is 3. The lowest BCUT2D eigenvalue weighted by atomic mass is 9.84. The zero-order valence-electron chi connectivity index (χ0n) is 10.5. The van der Waals surface area contributed by atoms with E-state index in [1.165, 1.54) is 32.0 Å². The van der Waals surface area contributed by atoms with Crippen molar-refractivity contribution >= 4 is 0 Å². The third-order valence-corrected chi connectivity index (χ3v) is 4.31. The van der Waals surface area contributed by atoms with E-state index in [-0.39, 0.29) is 11.5 Å². The molecule has 4 nitrogen and oxygen atoms in total. The molecule has 0 aliphatic carbocycles. The minimum atomic E-state index is -0.0387. The highest BCUT2D eigenvalue weighted by Crippen LogP contribution is 2.30. The molecule has 4 heteroatoms. The maximum Gasteiger partial charge on any atom is 0.161 e. The second-order valence-corrected chi connectivity index (χ2v) is 5.41. The molecule has 3 fully saturated rings. The Morgan fingerprint density at radius 2 is 2.00 bits per heavy atom. The van der Waals surface area contributed by atoms with Crippen LogP contribution in [0.25, 0.3) is 0 Å². The second-order valence-electron chi connectivity index (χ2n) is 5.41. The Bertz CT molecular complexity index is 428. The van der Waals surface area contributed by atoms with E-state index in [0.717, 1.165) is 18.0 Å². The summed E-state index contributed by atoms with van der Waals surface area (Å²) in [4.78, 5) is 2.50. The molecular formula is C14H20N2O2. The zero-order chi connectivity index (χ0) is 12.5. The van der Waals surface area contributed by atoms with E-state index in [4.69, 9.17) is 0 Å². The standard InChI is InChI=1S/C14H20N2O2/c17-13-3-1-2-11(14(13)18)8-15-12-9-16-6-4-10(12)5-7-16/h1-3,10,12,15,17-18H,4-9H2. The van der Waals surface area contributed by atoms with Crippen molar-refractivity contribution in [2.75, 3.05) is 19.6 Å². The molecule has 1 aromatic carbocycles. The maximum absolute atomic E-state index is 9.76. The van der Waals surface area contributed by atoms with Gasteiger partial charge in [-0.15, -0.1) is 0 Å². The van der Waals surface area contributed by atoms with Gasteiger partial charge in [0.25, 0.3) is 0 Å². The summed E-state index contributed by atoms with van der Waals surface area (Å²) in [5.41, 5.74) is 0.770. The third-order valence-electron chi connectivity index (χ3n) is 4.31. The van der Waals surface area contributed by atoms with Gasteiger partial charge in [0.15, 0.2) is 11.5 Å². The lowest BCUT2D eigenvalue weighted by molar-refractivity contribution is 0.0719. The first kappa shape index (κ1) is 11.8. The van der Waals surface area contributed by atoms with Crippen molar-refractivity contribution in [2.45, 2.75) is 25.4 Å². The number of hydrogen-bond acceptors (Lipinski definition) is 4. The van der Waals surface area contributed by atoms with Crippen molar-refractivity contribution < 1.29 is 10.2 Å². The Hall–Kier alpha value is -1.26. The molecule has 1 aromatic rings. The van der Waals surface area contributed by atoms with Crippen LogP contribution in [0, 0.1) is 5.92 Å². The number of para-hydroxylation sites is 1. The summed E-state index contributed by atoms with van der Waals surface area (Å²) >= 11 is 0. The Labute approximate surface area is 107 Å². The average molecular weight is 248 g/mol. The van der Waals surface area contributed by atoms with Crippen LogP contribution < -0.4 is 5.32 Å². The first-order valence-electron chi connectivity index (χ1n) is 6.69. The first-order valence-corrected chi connectivity index (χ1v) is 6.69. The molecule has 0 aromatic heterocycles. The fraction of sp³-hybridized carbons (Fsp3) is 0.571. The van der Waals surface area contributed by atoms with E-state index < -0.39 is 0 Å². The quantitative estimate of drug-likeness (QED) is 0.705. The van der Waals surface area contributed by atoms with Gasteiger partial charge >= 0.3 is 0 Å². The predicted octanol–water partition coefficient (Wildman–Crippen LogP) is 1.28. The number of nitrogens with zero attached hydrogens (tertiary/aromatic N) is 1. The number of fused-ring (bicyclic) bond motifs is 3. The largest absolute Gasteiger partial charge is 0.504 e. The van der Waals surface area contributed by atoms with Crippen LogP contribution in [0.5, 0.6) is 11.5 Å². The number of hydrogen-bond donors (Lipinski definition) is 3. The average Bonchev–Trinajstić information content (AvgIpc) is 2.42. The second kappa shape index (κ2) is 4.78. The van der Waals surface area contributed by atoms with Crippen LogP contribution in [0.1, 0.15) is 18.4 Å². The van der Waals surface area contributed by atoms with Crippen LogP contribution in [-0.4, -0.2) is 40.8 Å². The van der Waals surface area contributed by atoms with Gasteiger partial charge in [0.1, 0.15) is 0 Å².